The smallest absolute Gasteiger partial charge is 0.312 e. The number of primary amides is 1. The van der Waals surface area contributed by atoms with Gasteiger partial charge < -0.3 is 21.1 Å². The van der Waals surface area contributed by atoms with Crippen molar-refractivity contribution in [2.45, 2.75) is 26.3 Å². The van der Waals surface area contributed by atoms with Crippen LogP contribution in [0, 0.1) is 5.92 Å². The first-order valence-corrected chi connectivity index (χ1v) is 5.31. The average Bonchev–Trinajstić information content (AvgIpc) is 2.20. The van der Waals surface area contributed by atoms with Crippen molar-refractivity contribution in [1.29, 1.82) is 0 Å². The molecule has 0 saturated carbocycles. The minimum absolute atomic E-state index is 0.00470. The third-order valence-electron chi connectivity index (χ3n) is 2.07. The Morgan fingerprint density at radius 3 is 2.44 bits per heavy atom. The number of ether oxygens (including phenoxy) is 1. The second kappa shape index (κ2) is 7.92. The third kappa shape index (κ3) is 6.23. The summed E-state index contributed by atoms with van der Waals surface area (Å²) >= 11 is 0. The highest BCUT2D eigenvalue weighted by Gasteiger charge is 2.22. The first-order valence-electron chi connectivity index (χ1n) is 5.31. The molecule has 94 valence electrons. The molecule has 0 aromatic rings. The molecule has 0 aliphatic rings. The molecule has 0 aliphatic heterocycles. The molecule has 0 aliphatic carbocycles. The van der Waals surface area contributed by atoms with Crippen LogP contribution in [0.4, 0.5) is 4.79 Å². The van der Waals surface area contributed by atoms with Gasteiger partial charge in [-0.1, -0.05) is 13.8 Å². The summed E-state index contributed by atoms with van der Waals surface area (Å²) in [7, 11) is 1.60. The number of rotatable bonds is 7. The van der Waals surface area contributed by atoms with Crippen LogP contribution in [0.3, 0.4) is 0 Å². The summed E-state index contributed by atoms with van der Waals surface area (Å²) in [4.78, 5) is 22.4. The molecule has 0 aromatic carbocycles. The number of carbonyl (C=O) groups excluding carboxylic acids is 2. The molecule has 6 heteroatoms. The van der Waals surface area contributed by atoms with Crippen LogP contribution in [0.2, 0.25) is 0 Å². The molecule has 0 spiro atoms. The molecular formula is C10H21N3O3. The zero-order valence-corrected chi connectivity index (χ0v) is 10.1. The molecule has 0 radical (unpaired) electrons. The van der Waals surface area contributed by atoms with Gasteiger partial charge in [-0.15, -0.1) is 0 Å². The van der Waals surface area contributed by atoms with Crippen LogP contribution >= 0.6 is 0 Å². The highest BCUT2D eigenvalue weighted by atomic mass is 16.5. The Labute approximate surface area is 95.9 Å². The Hall–Kier alpha value is -1.30. The van der Waals surface area contributed by atoms with Crippen molar-refractivity contribution in [1.82, 2.24) is 10.6 Å². The van der Waals surface area contributed by atoms with Gasteiger partial charge in [0.1, 0.15) is 6.04 Å². The lowest BCUT2D eigenvalue weighted by Gasteiger charge is -2.20. The van der Waals surface area contributed by atoms with Gasteiger partial charge >= 0.3 is 6.03 Å². The number of hydrogen-bond donors (Lipinski definition) is 3. The lowest BCUT2D eigenvalue weighted by molar-refractivity contribution is -0.123. The molecule has 16 heavy (non-hydrogen) atoms. The van der Waals surface area contributed by atoms with Crippen LogP contribution in [-0.2, 0) is 9.53 Å². The second-order valence-electron chi connectivity index (χ2n) is 3.87. The second-order valence-corrected chi connectivity index (χ2v) is 3.87. The van der Waals surface area contributed by atoms with Gasteiger partial charge in [-0.05, 0) is 12.3 Å². The topological polar surface area (TPSA) is 93.4 Å². The molecule has 0 fully saturated rings. The van der Waals surface area contributed by atoms with Gasteiger partial charge in [-0.2, -0.15) is 0 Å². The van der Waals surface area contributed by atoms with Crippen LogP contribution in [0.1, 0.15) is 20.3 Å². The van der Waals surface area contributed by atoms with E-state index in [2.05, 4.69) is 10.6 Å². The van der Waals surface area contributed by atoms with Gasteiger partial charge in [-0.25, -0.2) is 4.79 Å². The quantitative estimate of drug-likeness (QED) is 0.531. The third-order valence-corrected chi connectivity index (χ3v) is 2.07. The van der Waals surface area contributed by atoms with Crippen LogP contribution < -0.4 is 16.4 Å². The first-order chi connectivity index (χ1) is 7.49. The summed E-state index contributed by atoms with van der Waals surface area (Å²) in [6.07, 6.45) is 0.740. The molecular weight excluding hydrogens is 210 g/mol. The van der Waals surface area contributed by atoms with Crippen molar-refractivity contribution in [2.24, 2.45) is 11.7 Å². The van der Waals surface area contributed by atoms with E-state index in [1.54, 1.807) is 7.11 Å². The van der Waals surface area contributed by atoms with E-state index in [0.29, 0.717) is 13.2 Å². The van der Waals surface area contributed by atoms with Crippen molar-refractivity contribution in [3.8, 4) is 0 Å². The van der Waals surface area contributed by atoms with Crippen LogP contribution in [-0.4, -0.2) is 38.2 Å². The molecule has 0 heterocycles. The van der Waals surface area contributed by atoms with E-state index in [4.69, 9.17) is 10.5 Å². The van der Waals surface area contributed by atoms with Crippen LogP contribution in [0.5, 0.6) is 0 Å². The fraction of sp³-hybridized carbons (Fsp3) is 0.800. The van der Waals surface area contributed by atoms with Gasteiger partial charge in [0.2, 0.25) is 5.91 Å². The number of nitrogens with one attached hydrogen (secondary N) is 2. The summed E-state index contributed by atoms with van der Waals surface area (Å²) in [5.74, 6) is -0.222. The molecule has 4 N–H and O–H groups in total. The Bertz CT molecular complexity index is 231. The van der Waals surface area contributed by atoms with Crippen molar-refractivity contribution in [3.05, 3.63) is 0 Å². The zero-order valence-electron chi connectivity index (χ0n) is 10.1. The van der Waals surface area contributed by atoms with Gasteiger partial charge in [0.25, 0.3) is 0 Å². The Kier molecular flexibility index (Phi) is 7.28. The maximum atomic E-state index is 11.7. The maximum absolute atomic E-state index is 11.7. The van der Waals surface area contributed by atoms with E-state index < -0.39 is 12.1 Å². The van der Waals surface area contributed by atoms with Crippen molar-refractivity contribution < 1.29 is 14.3 Å². The summed E-state index contributed by atoms with van der Waals surface area (Å²) in [6.45, 7) is 4.80. The zero-order chi connectivity index (χ0) is 12.6. The molecule has 3 amide bonds. The van der Waals surface area contributed by atoms with Crippen LogP contribution in [0.25, 0.3) is 0 Å². The first kappa shape index (κ1) is 14.7. The number of amides is 3. The summed E-state index contributed by atoms with van der Waals surface area (Å²) in [6, 6.07) is -1.27. The fourth-order valence-electron chi connectivity index (χ4n) is 1.23. The molecule has 6 nitrogen and oxygen atoms in total. The van der Waals surface area contributed by atoms with Gasteiger partial charge in [-0.3, -0.25) is 4.79 Å². The maximum Gasteiger partial charge on any atom is 0.312 e. The van der Waals surface area contributed by atoms with E-state index in [1.165, 1.54) is 0 Å². The number of urea groups is 1. The minimum Gasteiger partial charge on any atom is -0.385 e. The van der Waals surface area contributed by atoms with Gasteiger partial charge in [0, 0.05) is 20.3 Å². The number of methoxy groups -OCH3 is 1. The normalized spacial score (nSPS) is 12.2. The van der Waals surface area contributed by atoms with E-state index >= 15 is 0 Å². The minimum atomic E-state index is -0.689. The van der Waals surface area contributed by atoms with Gasteiger partial charge in [0.05, 0.1) is 0 Å². The molecule has 1 unspecified atom stereocenters. The van der Waals surface area contributed by atoms with Crippen molar-refractivity contribution >= 4 is 11.9 Å². The summed E-state index contributed by atoms with van der Waals surface area (Å²) < 4.78 is 4.86. The predicted molar refractivity (Wildman–Crippen MR) is 60.8 cm³/mol. The fourth-order valence-corrected chi connectivity index (χ4v) is 1.23. The molecule has 0 rings (SSSR count). The van der Waals surface area contributed by atoms with Crippen molar-refractivity contribution in [2.75, 3.05) is 20.3 Å². The van der Waals surface area contributed by atoms with E-state index in [0.717, 1.165) is 6.42 Å². The highest BCUT2D eigenvalue weighted by molar-refractivity contribution is 5.86. The lowest BCUT2D eigenvalue weighted by atomic mass is 10.0. The summed E-state index contributed by atoms with van der Waals surface area (Å²) in [5.41, 5.74) is 5.00. The van der Waals surface area contributed by atoms with E-state index in [9.17, 15) is 9.59 Å². The van der Waals surface area contributed by atoms with E-state index in [-0.39, 0.29) is 11.8 Å². The number of nitrogens with two attached hydrogens (primary N) is 1. The lowest BCUT2D eigenvalue weighted by Crippen LogP contribution is -2.51. The Balaban J connectivity index is 4.02. The highest BCUT2D eigenvalue weighted by Crippen LogP contribution is 2.01. The monoisotopic (exact) mass is 231 g/mol. The van der Waals surface area contributed by atoms with Crippen molar-refractivity contribution in [3.63, 3.8) is 0 Å². The Morgan fingerprint density at radius 2 is 2.00 bits per heavy atom. The predicted octanol–water partition coefficient (Wildman–Crippen LogP) is -0.168. The molecule has 0 aromatic heterocycles. The average molecular weight is 231 g/mol. The van der Waals surface area contributed by atoms with Gasteiger partial charge in [0.15, 0.2) is 0 Å². The molecule has 0 saturated heterocycles. The summed E-state index contributed by atoms with van der Waals surface area (Å²) in [5, 5.41) is 5.13. The molecule has 1 atom stereocenters. The standard InChI is InChI=1S/C10H21N3O3/c1-7(2)8(13-10(11)15)9(14)12-5-4-6-16-3/h7-8H,4-6H2,1-3H3,(H,12,14)(H3,11,13,15). The number of hydrogen-bond acceptors (Lipinski definition) is 3. The van der Waals surface area contributed by atoms with E-state index in [1.807, 2.05) is 13.8 Å². The number of carbonyl (C=O) groups is 2. The largest absolute Gasteiger partial charge is 0.385 e. The van der Waals surface area contributed by atoms with Crippen LogP contribution in [0.15, 0.2) is 0 Å². The Morgan fingerprint density at radius 1 is 1.38 bits per heavy atom. The molecule has 0 bridgehead atoms. The SMILES string of the molecule is COCCCNC(=O)C(NC(N)=O)C(C)C.